The Hall–Kier alpha value is -15.0. The summed E-state index contributed by atoms with van der Waals surface area (Å²) in [6, 6.07) is 14.9. The number of phenols is 1. The van der Waals surface area contributed by atoms with Crippen molar-refractivity contribution in [3.05, 3.63) is 173 Å². The molecule has 0 bridgehead atoms. The van der Waals surface area contributed by atoms with Gasteiger partial charge < -0.3 is 135 Å². The van der Waals surface area contributed by atoms with Gasteiger partial charge in [-0.25, -0.2) is 0 Å². The number of hydrogen-bond donors (Lipinski definition) is 28. The highest BCUT2D eigenvalue weighted by Gasteiger charge is 2.40. The number of hydrogen-bond acceptors (Lipinski definition) is 23. The molecule has 1 saturated heterocycles. The second-order valence-corrected chi connectivity index (χ2v) is 32.8. The van der Waals surface area contributed by atoms with Crippen LogP contribution in [0.1, 0.15) is 100.0 Å². The summed E-state index contributed by atoms with van der Waals surface area (Å²) in [6.07, 6.45) is -6.66. The SMILES string of the molecule is CC(C)[C@@H]1NC(=O)[C@H](Cc2ccccc2)NC(=O)[C@@H](Cc2ccc(O)cc2)NC(=O)CSC[C@@H](C(=O)NCC(N)=O)NC(=O)[C@H](CCCNC(=N)N)NC(=O)[C@H](Cc2ccccc2)NC(=O)[C@H]([C@@H](C)O)NC(=O)[C@H](CCCNC(=N)N)NC(=O)[C@H](Cc2ccccc2)NC(=O)[C@H](CC(N)=O)NC(=O)[C@H](CCCNC(=N)N)NC(=O)[C@H](Cc2ccccc2)NC(=O)[C@H](CC(N)=O)NC1=O. The Balaban J connectivity index is 1.51. The molecule has 0 spiro atoms. The van der Waals surface area contributed by atoms with Gasteiger partial charge in [0, 0.05) is 57.5 Å². The number of aromatic hydroxyl groups is 1. The van der Waals surface area contributed by atoms with E-state index in [0.29, 0.717) is 27.8 Å². The minimum absolute atomic E-state index is 0.0380. The molecule has 0 radical (unpaired) electrons. The van der Waals surface area contributed by atoms with Crippen LogP contribution in [-0.2, 0) is 114 Å². The van der Waals surface area contributed by atoms with E-state index in [9.17, 15) is 67.7 Å². The maximum atomic E-state index is 15.1. The van der Waals surface area contributed by atoms with Gasteiger partial charge in [-0.05, 0) is 91.3 Å². The molecule has 5 aromatic carbocycles. The molecule has 46 heteroatoms. The molecule has 1 heterocycles. The number of nitrogens with two attached hydrogens (primary N) is 6. The monoisotopic (exact) mass is 1860 g/mol. The van der Waals surface area contributed by atoms with Crippen molar-refractivity contribution in [1.29, 1.82) is 16.2 Å². The molecule has 0 aliphatic carbocycles. The van der Waals surface area contributed by atoms with Gasteiger partial charge in [-0.3, -0.25) is 97.7 Å². The molecule has 0 saturated carbocycles. The van der Waals surface area contributed by atoms with E-state index in [2.05, 4.69) is 90.4 Å². The number of thioether (sulfide) groups is 1. The highest BCUT2D eigenvalue weighted by Crippen LogP contribution is 2.18. The highest BCUT2D eigenvalue weighted by atomic mass is 32.2. The van der Waals surface area contributed by atoms with Crippen LogP contribution in [0.2, 0.25) is 0 Å². The van der Waals surface area contributed by atoms with Crippen LogP contribution in [0.3, 0.4) is 0 Å². The molecular formula is C87H120N26O19S. The van der Waals surface area contributed by atoms with Gasteiger partial charge in [-0.15, -0.1) is 11.8 Å². The molecule has 5 aromatic rings. The van der Waals surface area contributed by atoms with E-state index >= 15 is 24.0 Å². The number of rotatable bonds is 31. The number of amides is 17. The van der Waals surface area contributed by atoms with E-state index in [4.69, 9.17) is 50.6 Å². The number of carbonyl (C=O) groups excluding carboxylic acids is 17. The summed E-state index contributed by atoms with van der Waals surface area (Å²) >= 11 is 0.719. The van der Waals surface area contributed by atoms with Crippen LogP contribution in [0.15, 0.2) is 146 Å². The fourth-order valence-corrected chi connectivity index (χ4v) is 14.5. The Morgan fingerprint density at radius 2 is 0.632 bits per heavy atom. The van der Waals surface area contributed by atoms with Crippen LogP contribution in [0, 0.1) is 22.1 Å². The van der Waals surface area contributed by atoms with Crippen molar-refractivity contribution in [2.75, 3.05) is 37.7 Å². The lowest BCUT2D eigenvalue weighted by Crippen LogP contribution is -2.62. The third-order valence-electron chi connectivity index (χ3n) is 20.5. The quantitative estimate of drug-likeness (QED) is 0.0111. The van der Waals surface area contributed by atoms with E-state index in [1.54, 1.807) is 121 Å². The zero-order valence-electron chi connectivity index (χ0n) is 73.7. The number of benzene rings is 5. The molecule has 34 N–H and O–H groups in total. The van der Waals surface area contributed by atoms with Gasteiger partial charge in [-0.1, -0.05) is 147 Å². The van der Waals surface area contributed by atoms with Crippen molar-refractivity contribution in [3.63, 3.8) is 0 Å². The maximum absolute atomic E-state index is 15.1. The number of aliphatic hydroxyl groups excluding tert-OH is 1. The first-order chi connectivity index (χ1) is 63.2. The predicted molar refractivity (Wildman–Crippen MR) is 489 cm³/mol. The largest absolute Gasteiger partial charge is 0.508 e. The molecule has 17 amide bonds. The van der Waals surface area contributed by atoms with E-state index in [0.717, 1.165) is 18.7 Å². The van der Waals surface area contributed by atoms with Crippen LogP contribution in [-0.4, -0.2) is 251 Å². The zero-order chi connectivity index (χ0) is 97.8. The number of nitrogens with one attached hydrogen (secondary N) is 20. The first-order valence-electron chi connectivity index (χ1n) is 42.7. The minimum Gasteiger partial charge on any atom is -0.508 e. The third kappa shape index (κ3) is 39.1. The molecule has 1 fully saturated rings. The van der Waals surface area contributed by atoms with Crippen LogP contribution in [0.25, 0.3) is 0 Å². The number of aliphatic hydroxyl groups is 1. The molecule has 14 atom stereocenters. The van der Waals surface area contributed by atoms with Crippen LogP contribution < -0.4 is 125 Å². The van der Waals surface area contributed by atoms with Crippen LogP contribution in [0.4, 0.5) is 0 Å². The standard InChI is InChI=1S/C87H120N26O19S/c1-47(2)70-83(131)110-64(43-67(89)117)81(129)106-59(37-49-19-8-4-9-20-49)77(125)102-55(27-16-34-97-85(91)92)73(121)108-63(42-66(88)116)80(128)105-60(38-50-21-10-5-11-22-50)78(126)104-57(29-18-36-99-87(95)96)75(123)113-71(48(3)114)84(132)109-61(39-51-23-12-6-13-24-51)79(127)103-56(28-17-35-98-86(93)94)74(122)111-65(72(120)100-44-68(90)118)45-133-46-69(119)101-58(41-53-30-32-54(115)33-31-53)76(124)107-62(82(130)112-70)40-52-25-14-7-15-26-52/h4-15,19-26,30-33,47-48,55-65,70-71,114-115H,16-18,27-29,34-46H2,1-3H3,(H2,88,116)(H2,89,117)(H2,90,118)(H,100,120)(H,101,119)(H,102,125)(H,103,127)(H,104,126)(H,105,128)(H,106,129)(H,107,124)(H,108,121)(H,109,132)(H,110,131)(H,111,122)(H,112,130)(H,113,123)(H4,91,92,97)(H4,93,94,98)(H4,95,96,99)/t48-,55+,56+,57+,58-,59+,60+,61+,62+,63+,64+,65+,70+,71+/m1/s1. The van der Waals surface area contributed by atoms with E-state index in [1.807, 2.05) is 0 Å². The predicted octanol–water partition coefficient (Wildman–Crippen LogP) is -6.87. The number of carbonyl (C=O) groups is 17. The lowest BCUT2D eigenvalue weighted by Gasteiger charge is -2.29. The minimum atomic E-state index is -2.01. The second kappa shape index (κ2) is 55.1. The summed E-state index contributed by atoms with van der Waals surface area (Å²) in [5, 5.41) is 88.3. The Labute approximate surface area is 770 Å². The van der Waals surface area contributed by atoms with Gasteiger partial charge in [-0.2, -0.15) is 0 Å². The Bertz CT molecular complexity index is 4860. The maximum Gasteiger partial charge on any atom is 0.245 e. The zero-order valence-corrected chi connectivity index (χ0v) is 74.5. The molecule has 133 heavy (non-hydrogen) atoms. The summed E-state index contributed by atoms with van der Waals surface area (Å²) in [5.41, 5.74) is 35.7. The molecule has 1 aliphatic heterocycles. The molecule has 0 unspecified atom stereocenters. The Kier molecular flexibility index (Phi) is 44.3. The van der Waals surface area contributed by atoms with E-state index in [1.165, 1.54) is 38.1 Å². The second-order valence-electron chi connectivity index (χ2n) is 31.8. The summed E-state index contributed by atoms with van der Waals surface area (Å²) in [6.45, 7) is 3.08. The van der Waals surface area contributed by atoms with Crippen LogP contribution >= 0.6 is 11.8 Å². The fraction of sp³-hybridized carbons (Fsp3) is 0.425. The lowest BCUT2D eigenvalue weighted by atomic mass is 9.99. The van der Waals surface area contributed by atoms with Gasteiger partial charge in [0.2, 0.25) is 100 Å². The first kappa shape index (κ1) is 107. The van der Waals surface area contributed by atoms with Crippen molar-refractivity contribution in [3.8, 4) is 5.75 Å². The van der Waals surface area contributed by atoms with Gasteiger partial charge in [0.15, 0.2) is 17.9 Å². The Morgan fingerprint density at radius 3 is 0.970 bits per heavy atom. The van der Waals surface area contributed by atoms with Crippen molar-refractivity contribution in [2.24, 2.45) is 40.3 Å². The lowest BCUT2D eigenvalue weighted by molar-refractivity contribution is -0.137. The molecule has 718 valence electrons. The molecule has 0 aromatic heterocycles. The van der Waals surface area contributed by atoms with Gasteiger partial charge in [0.05, 0.1) is 31.2 Å². The smallest absolute Gasteiger partial charge is 0.245 e. The van der Waals surface area contributed by atoms with Gasteiger partial charge in [0.1, 0.15) is 84.3 Å². The summed E-state index contributed by atoms with van der Waals surface area (Å²) in [4.78, 5) is 247. The van der Waals surface area contributed by atoms with Gasteiger partial charge >= 0.3 is 0 Å². The van der Waals surface area contributed by atoms with Crippen molar-refractivity contribution in [2.45, 2.75) is 189 Å². The van der Waals surface area contributed by atoms with Gasteiger partial charge in [0.25, 0.3) is 0 Å². The first-order valence-corrected chi connectivity index (χ1v) is 43.9. The fourth-order valence-electron chi connectivity index (χ4n) is 13.7. The molecule has 45 nitrogen and oxygen atoms in total. The molecule has 6 rings (SSSR count). The molecule has 1 aliphatic rings. The summed E-state index contributed by atoms with van der Waals surface area (Å²) < 4.78 is 0. The average Bonchev–Trinajstić information content (AvgIpc) is 0.842. The highest BCUT2D eigenvalue weighted by molar-refractivity contribution is 8.00. The number of primary amides is 3. The average molecular weight is 1870 g/mol. The third-order valence-corrected chi connectivity index (χ3v) is 21.6. The topological polar surface area (TPSA) is 763 Å². The van der Waals surface area contributed by atoms with Crippen molar-refractivity contribution in [1.82, 2.24) is 90.4 Å². The number of phenolic OH excluding ortho intramolecular Hbond substituents is 1. The summed E-state index contributed by atoms with van der Waals surface area (Å²) in [7, 11) is 0. The van der Waals surface area contributed by atoms with E-state index in [-0.39, 0.29) is 96.0 Å². The summed E-state index contributed by atoms with van der Waals surface area (Å²) in [5.74, 6) is -22.4. The van der Waals surface area contributed by atoms with Crippen molar-refractivity contribution >= 4 is 130 Å². The normalized spacial score (nSPS) is 22.3. The number of guanidine groups is 3. The van der Waals surface area contributed by atoms with E-state index < -0.39 is 240 Å². The Morgan fingerprint density at radius 1 is 0.353 bits per heavy atom. The molecular weight excluding hydrogens is 1750 g/mol. The van der Waals surface area contributed by atoms with Crippen molar-refractivity contribution < 1.29 is 91.7 Å². The van der Waals surface area contributed by atoms with Crippen LogP contribution in [0.5, 0.6) is 5.75 Å².